The van der Waals surface area contributed by atoms with Gasteiger partial charge in [0.15, 0.2) is 11.5 Å². The first-order valence-corrected chi connectivity index (χ1v) is 9.27. The van der Waals surface area contributed by atoms with Crippen LogP contribution in [0.15, 0.2) is 40.3 Å². The average molecular weight is 414 g/mol. The van der Waals surface area contributed by atoms with Crippen molar-refractivity contribution in [2.75, 3.05) is 14.2 Å². The van der Waals surface area contributed by atoms with Crippen LogP contribution in [-0.4, -0.2) is 33.8 Å². The zero-order valence-corrected chi connectivity index (χ0v) is 16.2. The van der Waals surface area contributed by atoms with E-state index in [1.165, 1.54) is 45.6 Å². The fourth-order valence-electron chi connectivity index (χ4n) is 2.19. The second-order valence-corrected chi connectivity index (χ2v) is 7.36. The van der Waals surface area contributed by atoms with E-state index in [0.29, 0.717) is 22.6 Å². The predicted octanol–water partition coefficient (Wildman–Crippen LogP) is 2.89. The molecule has 0 fully saturated rings. The number of nitrogens with zero attached hydrogens (tertiary/aromatic N) is 2. The van der Waals surface area contributed by atoms with Crippen molar-refractivity contribution < 1.29 is 22.8 Å². The molecule has 27 heavy (non-hydrogen) atoms. The minimum Gasteiger partial charge on any atom is -0.493 e. The number of ether oxygens (including phenoxy) is 2. The average Bonchev–Trinajstić information content (AvgIpc) is 2.60. The molecule has 0 aliphatic carbocycles. The minimum absolute atomic E-state index is 0.260. The molecule has 0 heterocycles. The van der Waals surface area contributed by atoms with Crippen molar-refractivity contribution in [3.05, 3.63) is 56.6 Å². The van der Waals surface area contributed by atoms with Gasteiger partial charge in [-0.3, -0.25) is 10.1 Å². The first-order chi connectivity index (χ1) is 12.7. The summed E-state index contributed by atoms with van der Waals surface area (Å²) in [5.74, 6) is 0.687. The maximum atomic E-state index is 12.3. The summed E-state index contributed by atoms with van der Waals surface area (Å²) in [4.78, 5) is 12.0. The molecule has 0 amide bonds. The molecule has 0 aromatic heterocycles. The predicted molar refractivity (Wildman–Crippen MR) is 100 cm³/mol. The lowest BCUT2D eigenvalue weighted by atomic mass is 10.2. The SMILES string of the molecule is COc1cc(/C=N\NS(=O)(=O)c2ccc(C)c([N+](=O)[O-])c2)cc(Cl)c1OC. The summed E-state index contributed by atoms with van der Waals surface area (Å²) in [6.07, 6.45) is 1.22. The second-order valence-electron chi connectivity index (χ2n) is 5.30. The highest BCUT2D eigenvalue weighted by Gasteiger charge is 2.19. The monoisotopic (exact) mass is 413 g/mol. The fourth-order valence-corrected chi connectivity index (χ4v) is 3.30. The first-order valence-electron chi connectivity index (χ1n) is 7.41. The number of methoxy groups -OCH3 is 2. The number of sulfonamides is 1. The number of hydrogen-bond donors (Lipinski definition) is 1. The molecular weight excluding hydrogens is 398 g/mol. The maximum absolute atomic E-state index is 12.3. The number of halogens is 1. The third kappa shape index (κ3) is 4.66. The van der Waals surface area contributed by atoms with Gasteiger partial charge in [-0.25, -0.2) is 4.83 Å². The molecular formula is C16H16ClN3O6S. The zero-order chi connectivity index (χ0) is 20.2. The van der Waals surface area contributed by atoms with Gasteiger partial charge in [0.1, 0.15) is 0 Å². The summed E-state index contributed by atoms with van der Waals surface area (Å²) in [5.41, 5.74) is 0.506. The summed E-state index contributed by atoms with van der Waals surface area (Å²) in [5, 5.41) is 14.9. The van der Waals surface area contributed by atoms with E-state index in [4.69, 9.17) is 21.1 Å². The van der Waals surface area contributed by atoms with Crippen LogP contribution in [0.3, 0.4) is 0 Å². The Bertz CT molecular complexity index is 1010. The van der Waals surface area contributed by atoms with E-state index in [-0.39, 0.29) is 15.6 Å². The quantitative estimate of drug-likeness (QED) is 0.423. The van der Waals surface area contributed by atoms with Gasteiger partial charge in [0.25, 0.3) is 15.7 Å². The zero-order valence-electron chi connectivity index (χ0n) is 14.6. The molecule has 0 radical (unpaired) electrons. The third-order valence-corrected chi connectivity index (χ3v) is 5.03. The van der Waals surface area contributed by atoms with Crippen LogP contribution in [-0.2, 0) is 10.0 Å². The molecule has 144 valence electrons. The van der Waals surface area contributed by atoms with Crippen molar-refractivity contribution in [1.82, 2.24) is 4.83 Å². The molecule has 1 N–H and O–H groups in total. The Morgan fingerprint density at radius 1 is 1.22 bits per heavy atom. The van der Waals surface area contributed by atoms with Crippen LogP contribution in [0.2, 0.25) is 5.02 Å². The normalized spacial score (nSPS) is 11.4. The van der Waals surface area contributed by atoms with E-state index in [2.05, 4.69) is 5.10 Å². The molecule has 0 atom stereocenters. The van der Waals surface area contributed by atoms with Crippen molar-refractivity contribution in [1.29, 1.82) is 0 Å². The highest BCUT2D eigenvalue weighted by atomic mass is 35.5. The van der Waals surface area contributed by atoms with Gasteiger partial charge in [0.2, 0.25) is 0 Å². The highest BCUT2D eigenvalue weighted by Crippen LogP contribution is 2.35. The number of benzene rings is 2. The van der Waals surface area contributed by atoms with Crippen molar-refractivity contribution in [3.63, 3.8) is 0 Å². The van der Waals surface area contributed by atoms with Gasteiger partial charge >= 0.3 is 0 Å². The lowest BCUT2D eigenvalue weighted by Crippen LogP contribution is -2.18. The Balaban J connectivity index is 2.26. The maximum Gasteiger partial charge on any atom is 0.276 e. The Labute approximate surface area is 160 Å². The van der Waals surface area contributed by atoms with Crippen LogP contribution >= 0.6 is 11.6 Å². The second kappa shape index (κ2) is 8.23. The van der Waals surface area contributed by atoms with E-state index in [0.717, 1.165) is 6.07 Å². The van der Waals surface area contributed by atoms with Crippen LogP contribution in [0.25, 0.3) is 0 Å². The first kappa shape index (κ1) is 20.5. The van der Waals surface area contributed by atoms with Crippen LogP contribution in [0.1, 0.15) is 11.1 Å². The number of nitrogens with one attached hydrogen (secondary N) is 1. The van der Waals surface area contributed by atoms with Gasteiger partial charge in [-0.15, -0.1) is 0 Å². The molecule has 11 heteroatoms. The van der Waals surface area contributed by atoms with E-state index in [1.54, 1.807) is 6.07 Å². The van der Waals surface area contributed by atoms with Gasteiger partial charge < -0.3 is 9.47 Å². The highest BCUT2D eigenvalue weighted by molar-refractivity contribution is 7.89. The molecule has 0 aliphatic heterocycles. The Kier molecular flexibility index (Phi) is 6.24. The summed E-state index contributed by atoms with van der Waals surface area (Å²) in [6.45, 7) is 1.51. The summed E-state index contributed by atoms with van der Waals surface area (Å²) in [7, 11) is -1.21. The van der Waals surface area contributed by atoms with Crippen LogP contribution in [0.5, 0.6) is 11.5 Å². The van der Waals surface area contributed by atoms with Crippen LogP contribution in [0, 0.1) is 17.0 Å². The molecule has 0 unspecified atom stereocenters. The van der Waals surface area contributed by atoms with Gasteiger partial charge in [-0.2, -0.15) is 13.5 Å². The topological polar surface area (TPSA) is 120 Å². The number of aryl methyl sites for hydroxylation is 1. The van der Waals surface area contributed by atoms with E-state index >= 15 is 0 Å². The molecule has 2 rings (SSSR count). The van der Waals surface area contributed by atoms with Gasteiger partial charge in [-0.05, 0) is 30.7 Å². The lowest BCUT2D eigenvalue weighted by molar-refractivity contribution is -0.385. The summed E-state index contributed by atoms with van der Waals surface area (Å²) in [6, 6.07) is 6.65. The number of nitro benzene ring substituents is 1. The molecule has 0 bridgehead atoms. The summed E-state index contributed by atoms with van der Waals surface area (Å²) < 4.78 is 34.8. The van der Waals surface area contributed by atoms with Crippen molar-refractivity contribution in [3.8, 4) is 11.5 Å². The molecule has 9 nitrogen and oxygen atoms in total. The molecule has 0 saturated heterocycles. The summed E-state index contributed by atoms with van der Waals surface area (Å²) >= 11 is 6.07. The Hall–Kier alpha value is -2.85. The molecule has 2 aromatic rings. The van der Waals surface area contributed by atoms with Gasteiger partial charge in [0, 0.05) is 11.6 Å². The molecule has 0 aliphatic rings. The number of hydrazone groups is 1. The number of nitro groups is 1. The van der Waals surface area contributed by atoms with Crippen molar-refractivity contribution in [2.45, 2.75) is 11.8 Å². The number of hydrogen-bond acceptors (Lipinski definition) is 7. The van der Waals surface area contributed by atoms with Crippen LogP contribution < -0.4 is 14.3 Å². The third-order valence-electron chi connectivity index (χ3n) is 3.53. The van der Waals surface area contributed by atoms with E-state index in [9.17, 15) is 18.5 Å². The Morgan fingerprint density at radius 2 is 1.93 bits per heavy atom. The Morgan fingerprint density at radius 3 is 2.52 bits per heavy atom. The smallest absolute Gasteiger partial charge is 0.276 e. The lowest BCUT2D eigenvalue weighted by Gasteiger charge is -2.10. The van der Waals surface area contributed by atoms with Gasteiger partial charge in [-0.1, -0.05) is 17.7 Å². The van der Waals surface area contributed by atoms with Crippen molar-refractivity contribution >= 4 is 33.5 Å². The fraction of sp³-hybridized carbons (Fsp3) is 0.188. The standard InChI is InChI=1S/C16H16ClN3O6S/c1-10-4-5-12(8-14(10)20(21)22)27(23,24)19-18-9-11-6-13(17)16(26-3)15(7-11)25-2/h4-9,19H,1-3H3/b18-9-. The van der Waals surface area contributed by atoms with Crippen molar-refractivity contribution in [2.24, 2.45) is 5.10 Å². The number of rotatable bonds is 7. The van der Waals surface area contributed by atoms with Gasteiger partial charge in [0.05, 0.1) is 35.3 Å². The van der Waals surface area contributed by atoms with Crippen LogP contribution in [0.4, 0.5) is 5.69 Å². The van der Waals surface area contributed by atoms with E-state index < -0.39 is 14.9 Å². The minimum atomic E-state index is -4.08. The largest absolute Gasteiger partial charge is 0.493 e. The van der Waals surface area contributed by atoms with E-state index in [1.807, 2.05) is 4.83 Å². The molecule has 0 saturated carbocycles. The molecule has 0 spiro atoms. The molecule has 2 aromatic carbocycles.